The highest BCUT2D eigenvalue weighted by molar-refractivity contribution is 7.89. The summed E-state index contributed by atoms with van der Waals surface area (Å²) in [5, 5.41) is 3.63. The second kappa shape index (κ2) is 8.83. The Balaban J connectivity index is 1.55. The van der Waals surface area contributed by atoms with Gasteiger partial charge in [0.2, 0.25) is 10.0 Å². The molecule has 0 aliphatic carbocycles. The number of aryl methyl sites for hydroxylation is 1. The summed E-state index contributed by atoms with van der Waals surface area (Å²) in [6.07, 6.45) is 0. The van der Waals surface area contributed by atoms with Crippen LogP contribution < -0.4 is 14.9 Å². The van der Waals surface area contributed by atoms with E-state index in [1.165, 1.54) is 12.1 Å². The number of anilines is 2. The first-order valence-electron chi connectivity index (χ1n) is 8.61. The summed E-state index contributed by atoms with van der Waals surface area (Å²) in [5.41, 5.74) is 0. The quantitative estimate of drug-likeness (QED) is 0.669. The Morgan fingerprint density at radius 3 is 2.56 bits per heavy atom. The minimum atomic E-state index is -3.57. The maximum Gasteiger partial charge on any atom is 0.240 e. The van der Waals surface area contributed by atoms with Crippen molar-refractivity contribution in [3.63, 3.8) is 0 Å². The molecule has 1 aromatic heterocycles. The number of nitrogens with one attached hydrogen (secondary N) is 2. The van der Waals surface area contributed by atoms with Crippen LogP contribution in [0.1, 0.15) is 5.82 Å². The van der Waals surface area contributed by atoms with E-state index in [1.54, 1.807) is 12.1 Å². The fourth-order valence-electron chi connectivity index (χ4n) is 2.67. The third-order valence-electron chi connectivity index (χ3n) is 4.01. The maximum atomic E-state index is 12.2. The highest BCUT2D eigenvalue weighted by atomic mass is 35.5. The molecule has 8 nitrogen and oxygen atoms in total. The lowest BCUT2D eigenvalue weighted by Gasteiger charge is -2.28. The van der Waals surface area contributed by atoms with Gasteiger partial charge in [-0.25, -0.2) is 23.1 Å². The zero-order valence-corrected chi connectivity index (χ0v) is 16.6. The van der Waals surface area contributed by atoms with E-state index in [0.29, 0.717) is 36.4 Å². The van der Waals surface area contributed by atoms with Gasteiger partial charge in [0.1, 0.15) is 17.5 Å². The smallest absolute Gasteiger partial charge is 0.240 e. The van der Waals surface area contributed by atoms with Gasteiger partial charge in [-0.15, -0.1) is 0 Å². The van der Waals surface area contributed by atoms with Gasteiger partial charge >= 0.3 is 0 Å². The highest BCUT2D eigenvalue weighted by Gasteiger charge is 2.15. The summed E-state index contributed by atoms with van der Waals surface area (Å²) in [6.45, 7) is 5.38. The normalized spacial score (nSPS) is 15.0. The highest BCUT2D eigenvalue weighted by Crippen LogP contribution is 2.17. The van der Waals surface area contributed by atoms with Crippen LogP contribution in [0.15, 0.2) is 35.2 Å². The van der Waals surface area contributed by atoms with Crippen LogP contribution in [0.3, 0.4) is 0 Å². The Hall–Kier alpha value is -1.94. The summed E-state index contributed by atoms with van der Waals surface area (Å²) in [5.74, 6) is 2.16. The average Bonchev–Trinajstić information content (AvgIpc) is 2.66. The molecule has 1 fully saturated rings. The van der Waals surface area contributed by atoms with E-state index >= 15 is 0 Å². The Morgan fingerprint density at radius 1 is 1.15 bits per heavy atom. The SMILES string of the molecule is Cc1nc(NCCNS(=O)(=O)c2ccc(Cl)cc2)cc(N2CCOCC2)n1. The van der Waals surface area contributed by atoms with Gasteiger partial charge in [0.25, 0.3) is 0 Å². The van der Waals surface area contributed by atoms with E-state index in [9.17, 15) is 8.42 Å². The molecule has 1 aliphatic heterocycles. The van der Waals surface area contributed by atoms with Gasteiger partial charge in [0.15, 0.2) is 0 Å². The van der Waals surface area contributed by atoms with E-state index in [0.717, 1.165) is 18.9 Å². The van der Waals surface area contributed by atoms with E-state index < -0.39 is 10.0 Å². The largest absolute Gasteiger partial charge is 0.378 e. The van der Waals surface area contributed by atoms with E-state index in [1.807, 2.05) is 13.0 Å². The minimum absolute atomic E-state index is 0.180. The molecule has 2 N–H and O–H groups in total. The van der Waals surface area contributed by atoms with Gasteiger partial charge in [-0.05, 0) is 31.2 Å². The van der Waals surface area contributed by atoms with Crippen molar-refractivity contribution < 1.29 is 13.2 Å². The average molecular weight is 412 g/mol. The summed E-state index contributed by atoms with van der Waals surface area (Å²) in [7, 11) is -3.57. The van der Waals surface area contributed by atoms with Crippen LogP contribution in [-0.4, -0.2) is 57.8 Å². The number of rotatable bonds is 7. The summed E-state index contributed by atoms with van der Waals surface area (Å²) >= 11 is 5.79. The number of benzene rings is 1. The molecule has 0 bridgehead atoms. The molecule has 0 saturated carbocycles. The second-order valence-corrected chi connectivity index (χ2v) is 8.24. The van der Waals surface area contributed by atoms with Crippen molar-refractivity contribution in [2.45, 2.75) is 11.8 Å². The lowest BCUT2D eigenvalue weighted by atomic mass is 10.4. The molecule has 27 heavy (non-hydrogen) atoms. The zero-order valence-electron chi connectivity index (χ0n) is 15.0. The predicted octanol–water partition coefficient (Wildman–Crippen LogP) is 1.67. The Bertz CT molecular complexity index is 871. The molecule has 0 spiro atoms. The van der Waals surface area contributed by atoms with Gasteiger partial charge in [-0.3, -0.25) is 0 Å². The Labute approximate surface area is 164 Å². The summed E-state index contributed by atoms with van der Waals surface area (Å²) in [4.78, 5) is 11.2. The van der Waals surface area contributed by atoms with Crippen molar-refractivity contribution in [3.05, 3.63) is 41.2 Å². The third-order valence-corrected chi connectivity index (χ3v) is 5.74. The van der Waals surface area contributed by atoms with E-state index in [-0.39, 0.29) is 11.4 Å². The summed E-state index contributed by atoms with van der Waals surface area (Å²) in [6, 6.07) is 7.91. The molecule has 1 aliphatic rings. The molecule has 1 saturated heterocycles. The van der Waals surface area contributed by atoms with Gasteiger partial charge in [-0.2, -0.15) is 0 Å². The Morgan fingerprint density at radius 2 is 1.85 bits per heavy atom. The van der Waals surface area contributed by atoms with Crippen molar-refractivity contribution in [1.29, 1.82) is 0 Å². The predicted molar refractivity (Wildman–Crippen MR) is 105 cm³/mol. The van der Waals surface area contributed by atoms with Crippen molar-refractivity contribution in [1.82, 2.24) is 14.7 Å². The van der Waals surface area contributed by atoms with Gasteiger partial charge in [0, 0.05) is 37.3 Å². The molecule has 146 valence electrons. The van der Waals surface area contributed by atoms with Crippen LogP contribution in [0.2, 0.25) is 5.02 Å². The van der Waals surface area contributed by atoms with Crippen LogP contribution in [0.25, 0.3) is 0 Å². The molecule has 3 rings (SSSR count). The van der Waals surface area contributed by atoms with Gasteiger partial charge in [-0.1, -0.05) is 11.6 Å². The number of nitrogens with zero attached hydrogens (tertiary/aromatic N) is 3. The molecule has 0 atom stereocenters. The number of aromatic nitrogens is 2. The zero-order chi connectivity index (χ0) is 19.3. The maximum absolute atomic E-state index is 12.2. The van der Waals surface area contributed by atoms with Crippen LogP contribution >= 0.6 is 11.6 Å². The van der Waals surface area contributed by atoms with Gasteiger partial charge < -0.3 is 15.0 Å². The monoisotopic (exact) mass is 411 g/mol. The number of sulfonamides is 1. The minimum Gasteiger partial charge on any atom is -0.378 e. The number of hydrogen-bond acceptors (Lipinski definition) is 7. The molecular formula is C17H22ClN5O3S. The molecule has 2 heterocycles. The molecular weight excluding hydrogens is 390 g/mol. The van der Waals surface area contributed by atoms with E-state index in [2.05, 4.69) is 24.9 Å². The van der Waals surface area contributed by atoms with Crippen LogP contribution in [0.5, 0.6) is 0 Å². The molecule has 0 radical (unpaired) electrons. The first kappa shape index (κ1) is 19.8. The van der Waals surface area contributed by atoms with Gasteiger partial charge in [0.05, 0.1) is 18.1 Å². The van der Waals surface area contributed by atoms with Crippen molar-refractivity contribution in [3.8, 4) is 0 Å². The summed E-state index contributed by atoms with van der Waals surface area (Å²) < 4.78 is 32.4. The fourth-order valence-corrected chi connectivity index (χ4v) is 3.83. The van der Waals surface area contributed by atoms with Crippen molar-refractivity contribution >= 4 is 33.3 Å². The number of morpholine rings is 1. The number of hydrogen-bond donors (Lipinski definition) is 2. The van der Waals surface area contributed by atoms with E-state index in [4.69, 9.17) is 16.3 Å². The first-order valence-corrected chi connectivity index (χ1v) is 10.5. The third kappa shape index (κ3) is 5.52. The lowest BCUT2D eigenvalue weighted by molar-refractivity contribution is 0.122. The molecule has 0 unspecified atom stereocenters. The fraction of sp³-hybridized carbons (Fsp3) is 0.412. The first-order chi connectivity index (χ1) is 12.9. The molecule has 1 aromatic carbocycles. The van der Waals surface area contributed by atoms with Crippen molar-refractivity contribution in [2.24, 2.45) is 0 Å². The molecule has 0 amide bonds. The molecule has 2 aromatic rings. The Kier molecular flexibility index (Phi) is 6.48. The number of halogens is 1. The topological polar surface area (TPSA) is 96.5 Å². The van der Waals surface area contributed by atoms with Crippen LogP contribution in [-0.2, 0) is 14.8 Å². The second-order valence-electron chi connectivity index (χ2n) is 6.04. The van der Waals surface area contributed by atoms with Crippen LogP contribution in [0.4, 0.5) is 11.6 Å². The standard InChI is InChI=1S/C17H22ClN5O3S/c1-13-21-16(12-17(22-13)23-8-10-26-11-9-23)19-6-7-20-27(24,25)15-4-2-14(18)3-5-15/h2-5,12,20H,6-11H2,1H3,(H,19,21,22). The molecule has 10 heteroatoms. The van der Waals surface area contributed by atoms with Crippen LogP contribution in [0, 0.1) is 6.92 Å². The van der Waals surface area contributed by atoms with Crippen molar-refractivity contribution in [2.75, 3.05) is 49.6 Å². The lowest BCUT2D eigenvalue weighted by Crippen LogP contribution is -2.37. The number of ether oxygens (including phenoxy) is 1.